The molecule has 0 spiro atoms. The number of alkyl halides is 3. The van der Waals surface area contributed by atoms with Gasteiger partial charge in [-0.3, -0.25) is 4.79 Å². The van der Waals surface area contributed by atoms with Gasteiger partial charge in [-0.1, -0.05) is 24.3 Å². The van der Waals surface area contributed by atoms with Crippen LogP contribution in [0.5, 0.6) is 0 Å². The van der Waals surface area contributed by atoms with Crippen LogP contribution in [0.4, 0.5) is 13.2 Å². The molecule has 1 heterocycles. The fraction of sp³-hybridized carbons (Fsp3) is 0.609. The molecule has 0 saturated carbocycles. The normalized spacial score (nSPS) is 25.3. The van der Waals surface area contributed by atoms with Gasteiger partial charge >= 0.3 is 6.18 Å². The summed E-state index contributed by atoms with van der Waals surface area (Å²) in [5, 5.41) is 0. The summed E-state index contributed by atoms with van der Waals surface area (Å²) in [6, 6.07) is 0. The van der Waals surface area contributed by atoms with Crippen LogP contribution in [0.25, 0.3) is 0 Å². The minimum absolute atomic E-state index is 0.153. The molecule has 2 atom stereocenters. The van der Waals surface area contributed by atoms with Crippen molar-refractivity contribution in [2.75, 3.05) is 40.0 Å². The number of halogens is 3. The molecular weight excluding hydrogens is 411 g/mol. The Labute approximate surface area is 181 Å². The third-order valence-electron chi connectivity index (χ3n) is 5.74. The van der Waals surface area contributed by atoms with E-state index in [-0.39, 0.29) is 17.8 Å². The molecule has 0 N–H and O–H groups in total. The van der Waals surface area contributed by atoms with Crippen LogP contribution < -0.4 is 0 Å². The second-order valence-electron chi connectivity index (χ2n) is 8.23. The topological polar surface area (TPSA) is 48.0 Å². The molecule has 31 heavy (non-hydrogen) atoms. The minimum atomic E-state index is -4.74. The largest absolute Gasteiger partial charge is 0.456 e. The lowest BCUT2D eigenvalue weighted by Gasteiger charge is -2.32. The van der Waals surface area contributed by atoms with Gasteiger partial charge in [-0.15, -0.1) is 0 Å². The van der Waals surface area contributed by atoms with Crippen molar-refractivity contribution in [1.82, 2.24) is 4.90 Å². The Balaban J connectivity index is 1.41. The van der Waals surface area contributed by atoms with E-state index in [2.05, 4.69) is 27.9 Å². The van der Waals surface area contributed by atoms with Crippen LogP contribution in [0.15, 0.2) is 47.5 Å². The van der Waals surface area contributed by atoms with Crippen molar-refractivity contribution in [3.63, 3.8) is 0 Å². The van der Waals surface area contributed by atoms with E-state index in [4.69, 9.17) is 9.47 Å². The fourth-order valence-electron chi connectivity index (χ4n) is 3.79. The lowest BCUT2D eigenvalue weighted by molar-refractivity contribution is -0.131. The quantitative estimate of drug-likeness (QED) is 0.376. The highest BCUT2D eigenvalue weighted by atomic mass is 19.4. The zero-order chi connectivity index (χ0) is 22.4. The summed E-state index contributed by atoms with van der Waals surface area (Å²) in [5.41, 5.74) is -0.470. The number of allylic oxidation sites excluding steroid dienone is 4. The highest BCUT2D eigenvalue weighted by molar-refractivity contribution is 5.96. The van der Waals surface area contributed by atoms with Crippen LogP contribution in [-0.4, -0.2) is 62.9 Å². The predicted molar refractivity (Wildman–Crippen MR) is 110 cm³/mol. The predicted octanol–water partition coefficient (Wildman–Crippen LogP) is 4.18. The number of likely N-dealkylation sites (tertiary alicyclic amines) is 1. The van der Waals surface area contributed by atoms with Gasteiger partial charge in [0.1, 0.15) is 12.4 Å². The number of carbonyl (C=O) groups excluding carboxylic acids is 1. The van der Waals surface area contributed by atoms with Gasteiger partial charge in [0, 0.05) is 38.2 Å². The van der Waals surface area contributed by atoms with Crippen molar-refractivity contribution < 1.29 is 32.2 Å². The number of methoxy groups -OCH3 is 1. The lowest BCUT2D eigenvalue weighted by Crippen LogP contribution is -2.39. The molecule has 0 bridgehead atoms. The SMILES string of the molecule is COCC(=O)/C(C)=C(/OC1=C[C@@H]1CN1CCC(OCC2C=CC=CC2)CC1)C(F)(F)F. The van der Waals surface area contributed by atoms with Crippen molar-refractivity contribution in [2.24, 2.45) is 11.8 Å². The molecule has 0 aromatic carbocycles. The molecule has 3 rings (SSSR count). The number of Topliss-reactive ketones (excluding diaryl/α,β-unsaturated/α-hetero) is 1. The Bertz CT molecular complexity index is 761. The second-order valence-corrected chi connectivity index (χ2v) is 8.23. The summed E-state index contributed by atoms with van der Waals surface area (Å²) < 4.78 is 55.9. The molecule has 0 aromatic heterocycles. The number of nitrogens with zero attached hydrogens (tertiary/aromatic N) is 1. The van der Waals surface area contributed by atoms with E-state index in [0.29, 0.717) is 12.5 Å². The van der Waals surface area contributed by atoms with Crippen molar-refractivity contribution in [1.29, 1.82) is 0 Å². The van der Waals surface area contributed by atoms with Gasteiger partial charge in [0.2, 0.25) is 5.76 Å². The van der Waals surface area contributed by atoms with E-state index in [1.54, 1.807) is 6.08 Å². The lowest BCUT2D eigenvalue weighted by atomic mass is 10.0. The first-order valence-electron chi connectivity index (χ1n) is 10.6. The maximum absolute atomic E-state index is 13.4. The summed E-state index contributed by atoms with van der Waals surface area (Å²) in [7, 11) is 1.26. The van der Waals surface area contributed by atoms with Crippen LogP contribution in [0.1, 0.15) is 26.2 Å². The molecule has 2 aliphatic carbocycles. The number of ether oxygens (including phenoxy) is 3. The molecular formula is C23H30F3NO4. The van der Waals surface area contributed by atoms with Gasteiger partial charge in [0.15, 0.2) is 5.78 Å². The molecule has 1 aliphatic heterocycles. The molecule has 1 saturated heterocycles. The third-order valence-corrected chi connectivity index (χ3v) is 5.74. The second kappa shape index (κ2) is 10.6. The number of rotatable bonds is 10. The average Bonchev–Trinajstić information content (AvgIpc) is 3.48. The highest BCUT2D eigenvalue weighted by Gasteiger charge is 2.43. The summed E-state index contributed by atoms with van der Waals surface area (Å²) in [5.74, 6) is -1.43. The summed E-state index contributed by atoms with van der Waals surface area (Å²) >= 11 is 0. The molecule has 0 aromatic rings. The zero-order valence-electron chi connectivity index (χ0n) is 18.0. The first-order valence-corrected chi connectivity index (χ1v) is 10.6. The maximum atomic E-state index is 13.4. The average molecular weight is 441 g/mol. The fourth-order valence-corrected chi connectivity index (χ4v) is 3.79. The number of ketones is 1. The van der Waals surface area contributed by atoms with Gasteiger partial charge in [-0.2, -0.15) is 13.2 Å². The molecule has 172 valence electrons. The van der Waals surface area contributed by atoms with Gasteiger partial charge in [0.05, 0.1) is 18.6 Å². The Morgan fingerprint density at radius 3 is 2.58 bits per heavy atom. The molecule has 0 radical (unpaired) electrons. The smallest absolute Gasteiger partial charge is 0.449 e. The molecule has 0 amide bonds. The van der Waals surface area contributed by atoms with Gasteiger partial charge in [-0.05, 0) is 32.3 Å². The van der Waals surface area contributed by atoms with Gasteiger partial charge in [0.25, 0.3) is 0 Å². The van der Waals surface area contributed by atoms with Crippen molar-refractivity contribution >= 4 is 5.78 Å². The molecule has 5 nitrogen and oxygen atoms in total. The van der Waals surface area contributed by atoms with E-state index in [1.807, 2.05) is 6.08 Å². The van der Waals surface area contributed by atoms with Crippen LogP contribution in [-0.2, 0) is 19.0 Å². The first kappa shape index (κ1) is 23.8. The Hall–Kier alpha value is -1.90. The minimum Gasteiger partial charge on any atom is -0.456 e. The van der Waals surface area contributed by atoms with Gasteiger partial charge < -0.3 is 19.1 Å². The maximum Gasteiger partial charge on any atom is 0.449 e. The molecule has 8 heteroatoms. The highest BCUT2D eigenvalue weighted by Crippen LogP contribution is 2.39. The standard InChI is InChI=1S/C23H30F3NO4/c1-16(20(28)15-29-2)22(23(24,25)26)31-21-12-18(21)13-27-10-8-19(9-11-27)30-14-17-6-4-3-5-7-17/h3-6,12,17-19H,7-11,13-15H2,1-2H3/b22-16+/t17?,18-/m1/s1. The molecule has 1 unspecified atom stereocenters. The Morgan fingerprint density at radius 2 is 1.97 bits per heavy atom. The molecule has 1 fully saturated rings. The number of hydrogen-bond acceptors (Lipinski definition) is 5. The third kappa shape index (κ3) is 7.05. The van der Waals surface area contributed by atoms with E-state index in [1.165, 1.54) is 7.11 Å². The Kier molecular flexibility index (Phi) is 8.13. The van der Waals surface area contributed by atoms with Crippen LogP contribution in [0.3, 0.4) is 0 Å². The van der Waals surface area contributed by atoms with Crippen LogP contribution in [0.2, 0.25) is 0 Å². The van der Waals surface area contributed by atoms with E-state index in [0.717, 1.165) is 45.9 Å². The van der Waals surface area contributed by atoms with Crippen LogP contribution in [0, 0.1) is 11.8 Å². The first-order chi connectivity index (χ1) is 14.8. The van der Waals surface area contributed by atoms with E-state index < -0.39 is 29.9 Å². The zero-order valence-corrected chi connectivity index (χ0v) is 18.0. The Morgan fingerprint density at radius 1 is 1.23 bits per heavy atom. The molecule has 3 aliphatic rings. The summed E-state index contributed by atoms with van der Waals surface area (Å²) in [6.07, 6.45) is 8.41. The summed E-state index contributed by atoms with van der Waals surface area (Å²) in [4.78, 5) is 14.0. The van der Waals surface area contributed by atoms with E-state index in [9.17, 15) is 18.0 Å². The van der Waals surface area contributed by atoms with Gasteiger partial charge in [-0.25, -0.2) is 0 Å². The monoisotopic (exact) mass is 441 g/mol. The van der Waals surface area contributed by atoms with Crippen LogP contribution >= 0.6 is 0 Å². The number of hydrogen-bond donors (Lipinski definition) is 0. The van der Waals surface area contributed by atoms with Crippen molar-refractivity contribution in [2.45, 2.75) is 38.5 Å². The number of carbonyl (C=O) groups is 1. The van der Waals surface area contributed by atoms with Crippen molar-refractivity contribution in [3.8, 4) is 0 Å². The van der Waals surface area contributed by atoms with Crippen molar-refractivity contribution in [3.05, 3.63) is 47.5 Å². The summed E-state index contributed by atoms with van der Waals surface area (Å²) in [6.45, 7) is 3.73. The number of piperidine rings is 1. The van der Waals surface area contributed by atoms with E-state index >= 15 is 0 Å².